The lowest BCUT2D eigenvalue weighted by Gasteiger charge is -2.21. The number of carbonyl (C=O) groups excluding carboxylic acids is 2. The topological polar surface area (TPSA) is 80.8 Å². The van der Waals surface area contributed by atoms with Crippen LogP contribution in [0, 0.1) is 5.82 Å². The molecule has 0 radical (unpaired) electrons. The summed E-state index contributed by atoms with van der Waals surface area (Å²) in [5.41, 5.74) is 1.02. The minimum absolute atomic E-state index is 0.0130. The lowest BCUT2D eigenvalue weighted by Crippen LogP contribution is -2.31. The van der Waals surface area contributed by atoms with E-state index >= 15 is 0 Å². The van der Waals surface area contributed by atoms with Crippen LogP contribution in [0.2, 0.25) is 0 Å². The number of anilines is 2. The highest BCUT2D eigenvalue weighted by atomic mass is 32.1. The van der Waals surface area contributed by atoms with Gasteiger partial charge in [-0.05, 0) is 30.3 Å². The highest BCUT2D eigenvalue weighted by molar-refractivity contribution is 7.17. The molecule has 7 nitrogen and oxygen atoms in total. The van der Waals surface area contributed by atoms with Crippen LogP contribution in [0.3, 0.4) is 0 Å². The molecule has 1 aliphatic rings. The number of ether oxygens (including phenoxy) is 2. The van der Waals surface area contributed by atoms with E-state index in [1.807, 2.05) is 0 Å². The van der Waals surface area contributed by atoms with Crippen LogP contribution in [0.4, 0.5) is 20.0 Å². The van der Waals surface area contributed by atoms with Crippen molar-refractivity contribution in [1.29, 1.82) is 0 Å². The van der Waals surface area contributed by atoms with Crippen molar-refractivity contribution in [3.05, 3.63) is 60.0 Å². The van der Waals surface area contributed by atoms with Gasteiger partial charge in [0.2, 0.25) is 5.06 Å². The molecule has 148 valence electrons. The van der Waals surface area contributed by atoms with E-state index in [0.717, 1.165) is 11.3 Å². The summed E-state index contributed by atoms with van der Waals surface area (Å²) in [7, 11) is 1.59. The van der Waals surface area contributed by atoms with Gasteiger partial charge in [0.15, 0.2) is 10.9 Å². The van der Waals surface area contributed by atoms with Crippen LogP contribution in [0.15, 0.2) is 48.7 Å². The maximum absolute atomic E-state index is 13.2. The van der Waals surface area contributed by atoms with Crippen molar-refractivity contribution in [2.75, 3.05) is 23.9 Å². The fraction of sp³-hybridized carbons (Fsp3) is 0.150. The number of carbonyl (C=O) groups is 2. The largest absolute Gasteiger partial charge is 0.492 e. The molecule has 0 saturated heterocycles. The van der Waals surface area contributed by atoms with Crippen LogP contribution < -0.4 is 19.7 Å². The first-order valence-corrected chi connectivity index (χ1v) is 9.55. The average molecular weight is 413 g/mol. The monoisotopic (exact) mass is 413 g/mol. The molecular formula is C20H16FN3O4S. The van der Waals surface area contributed by atoms with Gasteiger partial charge in [-0.15, -0.1) is 0 Å². The molecule has 0 unspecified atom stereocenters. The molecule has 0 fully saturated rings. The molecule has 1 aliphatic heterocycles. The lowest BCUT2D eigenvalue weighted by molar-refractivity contribution is 0.0933. The number of hydrogen-bond acceptors (Lipinski definition) is 6. The van der Waals surface area contributed by atoms with Crippen molar-refractivity contribution in [3.8, 4) is 16.6 Å². The zero-order valence-corrected chi connectivity index (χ0v) is 16.2. The maximum Gasteiger partial charge on any atom is 0.327 e. The lowest BCUT2D eigenvalue weighted by atomic mass is 10.0. The second-order valence-electron chi connectivity index (χ2n) is 6.24. The third-order valence-electron chi connectivity index (χ3n) is 4.26. The molecule has 2 amide bonds. The number of thiazole rings is 1. The number of rotatable bonds is 4. The van der Waals surface area contributed by atoms with Crippen molar-refractivity contribution >= 4 is 34.0 Å². The Labute approximate surface area is 169 Å². The number of urea groups is 1. The molecule has 0 bridgehead atoms. The SMILES string of the molecule is CN(C(=O)Nc1ncc(Oc2cccc(F)c2)s1)c1ccc2c(c1)C(=O)CCO2. The van der Waals surface area contributed by atoms with E-state index in [0.29, 0.717) is 46.0 Å². The fourth-order valence-electron chi connectivity index (χ4n) is 2.76. The molecule has 2 aromatic carbocycles. The average Bonchev–Trinajstić information content (AvgIpc) is 3.14. The standard InChI is InChI=1S/C20H16FN3O4S/c1-24(13-5-6-17-15(10-13)16(25)7-8-27-17)20(26)23-19-22-11-18(29-19)28-14-4-2-3-12(21)9-14/h2-6,9-11H,7-8H2,1H3,(H,22,23,26). The molecule has 4 rings (SSSR count). The molecular weight excluding hydrogens is 397 g/mol. The quantitative estimate of drug-likeness (QED) is 0.670. The third kappa shape index (κ3) is 4.19. The number of halogens is 1. The number of hydrogen-bond donors (Lipinski definition) is 1. The number of amides is 2. The fourth-order valence-corrected chi connectivity index (χ4v) is 3.44. The summed E-state index contributed by atoms with van der Waals surface area (Å²) in [4.78, 5) is 30.1. The molecule has 3 aromatic rings. The minimum Gasteiger partial charge on any atom is -0.492 e. The molecule has 2 heterocycles. The first-order chi connectivity index (χ1) is 14.0. The Balaban J connectivity index is 1.43. The summed E-state index contributed by atoms with van der Waals surface area (Å²) in [6.45, 7) is 0.367. The molecule has 0 atom stereocenters. The summed E-state index contributed by atoms with van der Waals surface area (Å²) in [5.74, 6) is 0.444. The van der Waals surface area contributed by atoms with E-state index in [9.17, 15) is 14.0 Å². The summed E-state index contributed by atoms with van der Waals surface area (Å²) in [5, 5.41) is 3.41. The van der Waals surface area contributed by atoms with Gasteiger partial charge in [-0.25, -0.2) is 14.2 Å². The summed E-state index contributed by atoms with van der Waals surface area (Å²) >= 11 is 1.11. The number of nitrogens with zero attached hydrogens (tertiary/aromatic N) is 2. The predicted molar refractivity (Wildman–Crippen MR) is 107 cm³/mol. The van der Waals surface area contributed by atoms with Gasteiger partial charge in [-0.3, -0.25) is 15.0 Å². The highest BCUT2D eigenvalue weighted by Gasteiger charge is 2.21. The summed E-state index contributed by atoms with van der Waals surface area (Å²) in [6, 6.07) is 10.3. The van der Waals surface area contributed by atoms with E-state index < -0.39 is 11.8 Å². The number of ketones is 1. The van der Waals surface area contributed by atoms with Gasteiger partial charge in [0.1, 0.15) is 17.3 Å². The van der Waals surface area contributed by atoms with E-state index in [1.165, 1.54) is 29.3 Å². The van der Waals surface area contributed by atoms with E-state index in [2.05, 4.69) is 10.3 Å². The van der Waals surface area contributed by atoms with Crippen molar-refractivity contribution in [2.24, 2.45) is 0 Å². The summed E-state index contributed by atoms with van der Waals surface area (Å²) in [6.07, 6.45) is 1.76. The van der Waals surface area contributed by atoms with Gasteiger partial charge in [0.05, 0.1) is 18.4 Å². The van der Waals surface area contributed by atoms with Crippen LogP contribution in [-0.2, 0) is 0 Å². The van der Waals surface area contributed by atoms with Gasteiger partial charge in [0.25, 0.3) is 0 Å². The molecule has 1 aromatic heterocycles. The highest BCUT2D eigenvalue weighted by Crippen LogP contribution is 2.32. The van der Waals surface area contributed by atoms with Gasteiger partial charge in [0, 0.05) is 25.2 Å². The Morgan fingerprint density at radius 1 is 1.31 bits per heavy atom. The second kappa shape index (κ2) is 7.88. The molecule has 0 saturated carbocycles. The van der Waals surface area contributed by atoms with Gasteiger partial charge >= 0.3 is 6.03 Å². The molecule has 9 heteroatoms. The van der Waals surface area contributed by atoms with Gasteiger partial charge in [-0.1, -0.05) is 17.4 Å². The van der Waals surface area contributed by atoms with Crippen molar-refractivity contribution < 1.29 is 23.5 Å². The van der Waals surface area contributed by atoms with Crippen molar-refractivity contribution in [1.82, 2.24) is 4.98 Å². The van der Waals surface area contributed by atoms with Gasteiger partial charge < -0.3 is 9.47 Å². The van der Waals surface area contributed by atoms with Crippen LogP contribution >= 0.6 is 11.3 Å². The van der Waals surface area contributed by atoms with E-state index in [1.54, 1.807) is 31.3 Å². The first-order valence-electron chi connectivity index (χ1n) is 8.73. The predicted octanol–water partition coefficient (Wildman–Crippen LogP) is 4.71. The Hall–Kier alpha value is -3.46. The molecule has 1 N–H and O–H groups in total. The Morgan fingerprint density at radius 3 is 3.00 bits per heavy atom. The van der Waals surface area contributed by atoms with Crippen molar-refractivity contribution in [3.63, 3.8) is 0 Å². The maximum atomic E-state index is 13.2. The number of fused-ring (bicyclic) bond motifs is 1. The normalized spacial score (nSPS) is 12.7. The number of aromatic nitrogens is 1. The zero-order valence-electron chi connectivity index (χ0n) is 15.3. The molecule has 29 heavy (non-hydrogen) atoms. The number of nitrogens with one attached hydrogen (secondary N) is 1. The second-order valence-corrected chi connectivity index (χ2v) is 7.23. The Kier molecular flexibility index (Phi) is 5.13. The molecule has 0 aliphatic carbocycles. The Morgan fingerprint density at radius 2 is 2.17 bits per heavy atom. The summed E-state index contributed by atoms with van der Waals surface area (Å²) < 4.78 is 24.2. The van der Waals surface area contributed by atoms with Crippen LogP contribution in [0.25, 0.3) is 0 Å². The van der Waals surface area contributed by atoms with E-state index in [-0.39, 0.29) is 5.78 Å². The third-order valence-corrected chi connectivity index (χ3v) is 5.05. The Bertz CT molecular complexity index is 1090. The smallest absolute Gasteiger partial charge is 0.327 e. The van der Waals surface area contributed by atoms with Crippen LogP contribution in [0.1, 0.15) is 16.8 Å². The van der Waals surface area contributed by atoms with E-state index in [4.69, 9.17) is 9.47 Å². The van der Waals surface area contributed by atoms with Gasteiger partial charge in [-0.2, -0.15) is 0 Å². The first kappa shape index (κ1) is 18.9. The van der Waals surface area contributed by atoms with Crippen molar-refractivity contribution in [2.45, 2.75) is 6.42 Å². The van der Waals surface area contributed by atoms with Crippen LogP contribution in [-0.4, -0.2) is 30.5 Å². The van der Waals surface area contributed by atoms with Crippen LogP contribution in [0.5, 0.6) is 16.6 Å². The number of benzene rings is 2. The molecule has 0 spiro atoms. The minimum atomic E-state index is -0.430. The number of Topliss-reactive ketones (excluding diaryl/α,β-unsaturated/α-hetero) is 1. The zero-order chi connectivity index (χ0) is 20.4.